The van der Waals surface area contributed by atoms with Gasteiger partial charge in [-0.15, -0.1) is 0 Å². The molecule has 0 aliphatic heterocycles. The summed E-state index contributed by atoms with van der Waals surface area (Å²) in [5.74, 6) is 0.669. The van der Waals surface area contributed by atoms with Crippen LogP contribution in [0.15, 0.2) is 82.1 Å². The third-order valence-electron chi connectivity index (χ3n) is 5.12. The van der Waals surface area contributed by atoms with Gasteiger partial charge in [-0.2, -0.15) is 0 Å². The molecule has 0 unspecified atom stereocenters. The Bertz CT molecular complexity index is 1310. The SMILES string of the molecule is CCc1ccc(-c2oc(Cc3ccccc3)nc2-c2ccc(S(C)(=O)=O)cc2)cc1F. The predicted octanol–water partition coefficient (Wildman–Crippen LogP) is 5.70. The molecule has 158 valence electrons. The fourth-order valence-corrected chi connectivity index (χ4v) is 4.07. The van der Waals surface area contributed by atoms with Crippen molar-refractivity contribution in [3.63, 3.8) is 0 Å². The Morgan fingerprint density at radius 2 is 1.61 bits per heavy atom. The Morgan fingerprint density at radius 1 is 0.935 bits per heavy atom. The molecule has 0 bridgehead atoms. The summed E-state index contributed by atoms with van der Waals surface area (Å²) in [6, 6.07) is 21.3. The molecular formula is C25H22FNO3S. The molecule has 3 aromatic carbocycles. The van der Waals surface area contributed by atoms with Crippen molar-refractivity contribution in [2.24, 2.45) is 0 Å². The van der Waals surface area contributed by atoms with Gasteiger partial charge in [-0.25, -0.2) is 17.8 Å². The fraction of sp³-hybridized carbons (Fsp3) is 0.160. The predicted molar refractivity (Wildman–Crippen MR) is 119 cm³/mol. The number of sulfone groups is 1. The van der Waals surface area contributed by atoms with Crippen molar-refractivity contribution in [1.29, 1.82) is 0 Å². The lowest BCUT2D eigenvalue weighted by Crippen LogP contribution is -1.96. The molecule has 6 heteroatoms. The van der Waals surface area contributed by atoms with E-state index in [0.717, 1.165) is 5.56 Å². The number of nitrogens with zero attached hydrogens (tertiary/aromatic N) is 1. The lowest BCUT2D eigenvalue weighted by atomic mass is 10.0. The van der Waals surface area contributed by atoms with E-state index in [2.05, 4.69) is 4.98 Å². The van der Waals surface area contributed by atoms with Gasteiger partial charge in [0.05, 0.1) is 4.90 Å². The second-order valence-corrected chi connectivity index (χ2v) is 9.42. The van der Waals surface area contributed by atoms with Gasteiger partial charge in [0.1, 0.15) is 11.5 Å². The van der Waals surface area contributed by atoms with Crippen molar-refractivity contribution in [1.82, 2.24) is 4.98 Å². The maximum atomic E-state index is 14.5. The van der Waals surface area contributed by atoms with Gasteiger partial charge in [0.15, 0.2) is 21.5 Å². The molecule has 0 saturated heterocycles. The second-order valence-electron chi connectivity index (χ2n) is 7.40. The van der Waals surface area contributed by atoms with Crippen molar-refractivity contribution in [3.05, 3.63) is 95.6 Å². The van der Waals surface area contributed by atoms with Crippen LogP contribution in [0.2, 0.25) is 0 Å². The molecule has 0 N–H and O–H groups in total. The third-order valence-corrected chi connectivity index (χ3v) is 6.25. The highest BCUT2D eigenvalue weighted by molar-refractivity contribution is 7.90. The molecule has 1 heterocycles. The highest BCUT2D eigenvalue weighted by Crippen LogP contribution is 2.34. The first kappa shape index (κ1) is 21.0. The topological polar surface area (TPSA) is 60.2 Å². The Kier molecular flexibility index (Phi) is 5.74. The number of aryl methyl sites for hydroxylation is 1. The Balaban J connectivity index is 1.81. The first-order chi connectivity index (χ1) is 14.8. The van der Waals surface area contributed by atoms with E-state index in [0.29, 0.717) is 46.9 Å². The second kappa shape index (κ2) is 8.47. The van der Waals surface area contributed by atoms with Gasteiger partial charge in [0, 0.05) is 23.8 Å². The molecule has 1 aromatic heterocycles. The monoisotopic (exact) mass is 435 g/mol. The summed E-state index contributed by atoms with van der Waals surface area (Å²) in [6.45, 7) is 1.90. The van der Waals surface area contributed by atoms with Crippen LogP contribution in [-0.4, -0.2) is 19.7 Å². The van der Waals surface area contributed by atoms with E-state index in [1.165, 1.54) is 12.3 Å². The van der Waals surface area contributed by atoms with Crippen molar-refractivity contribution >= 4 is 9.84 Å². The zero-order chi connectivity index (χ0) is 22.0. The highest BCUT2D eigenvalue weighted by Gasteiger charge is 2.19. The number of rotatable bonds is 6. The van der Waals surface area contributed by atoms with Gasteiger partial charge < -0.3 is 4.42 Å². The zero-order valence-electron chi connectivity index (χ0n) is 17.3. The van der Waals surface area contributed by atoms with E-state index in [1.54, 1.807) is 30.3 Å². The third kappa shape index (κ3) is 4.59. The molecule has 31 heavy (non-hydrogen) atoms. The molecule has 0 radical (unpaired) electrons. The minimum Gasteiger partial charge on any atom is -0.440 e. The van der Waals surface area contributed by atoms with Crippen LogP contribution in [0.25, 0.3) is 22.6 Å². The van der Waals surface area contributed by atoms with E-state index in [9.17, 15) is 12.8 Å². The number of aromatic nitrogens is 1. The van der Waals surface area contributed by atoms with Gasteiger partial charge in [0.2, 0.25) is 0 Å². The van der Waals surface area contributed by atoms with E-state index in [1.807, 2.05) is 43.3 Å². The first-order valence-corrected chi connectivity index (χ1v) is 11.9. The van der Waals surface area contributed by atoms with E-state index < -0.39 is 9.84 Å². The molecule has 0 atom stereocenters. The molecule has 0 amide bonds. The van der Waals surface area contributed by atoms with Crippen molar-refractivity contribution in [2.45, 2.75) is 24.7 Å². The molecule has 4 aromatic rings. The smallest absolute Gasteiger partial charge is 0.199 e. The van der Waals surface area contributed by atoms with Gasteiger partial charge in [-0.3, -0.25) is 0 Å². The van der Waals surface area contributed by atoms with Crippen molar-refractivity contribution in [2.75, 3.05) is 6.26 Å². The summed E-state index contributed by atoms with van der Waals surface area (Å²) in [5.41, 5.74) is 3.51. The molecule has 0 aliphatic carbocycles. The van der Waals surface area contributed by atoms with E-state index in [-0.39, 0.29) is 10.7 Å². The summed E-state index contributed by atoms with van der Waals surface area (Å²) in [6.07, 6.45) is 2.26. The maximum Gasteiger partial charge on any atom is 0.199 e. The van der Waals surface area contributed by atoms with Gasteiger partial charge in [0.25, 0.3) is 0 Å². The van der Waals surface area contributed by atoms with Crippen LogP contribution in [0.5, 0.6) is 0 Å². The molecular weight excluding hydrogens is 413 g/mol. The van der Waals surface area contributed by atoms with Gasteiger partial charge in [-0.05, 0) is 35.7 Å². The fourth-order valence-electron chi connectivity index (χ4n) is 3.44. The van der Waals surface area contributed by atoms with Crippen molar-refractivity contribution < 1.29 is 17.2 Å². The van der Waals surface area contributed by atoms with Crippen LogP contribution in [-0.2, 0) is 22.7 Å². The quantitative estimate of drug-likeness (QED) is 0.390. The van der Waals surface area contributed by atoms with Crippen LogP contribution in [0.3, 0.4) is 0 Å². The minimum absolute atomic E-state index is 0.226. The van der Waals surface area contributed by atoms with E-state index in [4.69, 9.17) is 4.42 Å². The van der Waals surface area contributed by atoms with E-state index >= 15 is 0 Å². The van der Waals surface area contributed by atoms with Crippen LogP contribution < -0.4 is 0 Å². The summed E-state index contributed by atoms with van der Waals surface area (Å²) in [7, 11) is -3.31. The lowest BCUT2D eigenvalue weighted by molar-refractivity contribution is 0.518. The number of hydrogen-bond acceptors (Lipinski definition) is 4. The largest absolute Gasteiger partial charge is 0.440 e. The average Bonchev–Trinajstić information content (AvgIpc) is 3.17. The van der Waals surface area contributed by atoms with Crippen LogP contribution >= 0.6 is 0 Å². The molecule has 4 nitrogen and oxygen atoms in total. The summed E-state index contributed by atoms with van der Waals surface area (Å²) in [4.78, 5) is 4.90. The first-order valence-electron chi connectivity index (χ1n) is 9.98. The molecule has 0 aliphatic rings. The number of hydrogen-bond donors (Lipinski definition) is 0. The zero-order valence-corrected chi connectivity index (χ0v) is 18.1. The normalized spacial score (nSPS) is 11.6. The highest BCUT2D eigenvalue weighted by atomic mass is 32.2. The van der Waals surface area contributed by atoms with Crippen LogP contribution in [0.1, 0.15) is 23.9 Å². The molecule has 4 rings (SSSR count). The standard InChI is InChI=1S/C25H22FNO3S/c1-3-18-9-10-20(16-22(18)26)25-24(19-11-13-21(14-12-19)31(2,28)29)27-23(30-25)15-17-7-5-4-6-8-17/h4-14,16H,3,15H2,1-2H3. The Labute approximate surface area is 181 Å². The number of halogens is 1. The van der Waals surface area contributed by atoms with Gasteiger partial charge >= 0.3 is 0 Å². The molecule has 0 spiro atoms. The molecule has 0 fully saturated rings. The van der Waals surface area contributed by atoms with Crippen molar-refractivity contribution in [3.8, 4) is 22.6 Å². The maximum absolute atomic E-state index is 14.5. The van der Waals surface area contributed by atoms with Crippen LogP contribution in [0.4, 0.5) is 4.39 Å². The summed E-state index contributed by atoms with van der Waals surface area (Å²) >= 11 is 0. The number of oxazole rings is 1. The minimum atomic E-state index is -3.31. The Hall–Kier alpha value is -3.25. The Morgan fingerprint density at radius 3 is 2.23 bits per heavy atom. The summed E-state index contributed by atoms with van der Waals surface area (Å²) < 4.78 is 44.2. The summed E-state index contributed by atoms with van der Waals surface area (Å²) in [5, 5.41) is 0. The van der Waals surface area contributed by atoms with Gasteiger partial charge in [-0.1, -0.05) is 61.5 Å². The number of benzene rings is 3. The average molecular weight is 436 g/mol. The van der Waals surface area contributed by atoms with Crippen LogP contribution in [0, 0.1) is 5.82 Å². The molecule has 0 saturated carbocycles. The lowest BCUT2D eigenvalue weighted by Gasteiger charge is -2.05.